The van der Waals surface area contributed by atoms with Crippen molar-refractivity contribution in [3.05, 3.63) is 77.9 Å². The minimum absolute atomic E-state index is 0.0830. The van der Waals surface area contributed by atoms with Crippen molar-refractivity contribution in [2.75, 3.05) is 31.1 Å². The fourth-order valence-corrected chi connectivity index (χ4v) is 5.73. The molecule has 3 aromatic carbocycles. The minimum atomic E-state index is -3.97. The maximum absolute atomic E-state index is 13.6. The van der Waals surface area contributed by atoms with Gasteiger partial charge in [0.25, 0.3) is 15.9 Å². The summed E-state index contributed by atoms with van der Waals surface area (Å²) in [5.41, 5.74) is 2.26. The van der Waals surface area contributed by atoms with E-state index in [0.29, 0.717) is 17.2 Å². The number of hydrogen-bond donors (Lipinski definition) is 1. The van der Waals surface area contributed by atoms with Crippen LogP contribution in [0, 0.1) is 6.92 Å². The van der Waals surface area contributed by atoms with E-state index in [1.807, 2.05) is 37.3 Å². The van der Waals surface area contributed by atoms with Crippen LogP contribution < -0.4 is 23.8 Å². The molecule has 1 atom stereocenters. The number of nitrogens with one attached hydrogen (secondary N) is 1. The summed E-state index contributed by atoms with van der Waals surface area (Å²) in [4.78, 5) is 13.2. The number of benzene rings is 3. The van der Waals surface area contributed by atoms with Crippen LogP contribution in [-0.2, 0) is 20.2 Å². The van der Waals surface area contributed by atoms with Gasteiger partial charge < -0.3 is 19.5 Å². The van der Waals surface area contributed by atoms with Gasteiger partial charge in [-0.15, -0.1) is 0 Å². The van der Waals surface area contributed by atoms with Crippen LogP contribution in [0.5, 0.6) is 17.2 Å². The molecule has 0 aliphatic carbocycles. The van der Waals surface area contributed by atoms with E-state index >= 15 is 0 Å². The number of para-hydroxylation sites is 1. The molecule has 0 saturated carbocycles. The number of hydrogen-bond acceptors (Lipinski definition) is 6. The zero-order valence-corrected chi connectivity index (χ0v) is 23.2. The summed E-state index contributed by atoms with van der Waals surface area (Å²) >= 11 is 0. The van der Waals surface area contributed by atoms with E-state index in [0.717, 1.165) is 16.9 Å². The fraction of sp³-hybridized carbons (Fsp3) is 0.345. The standard InChI is InChI=1S/C29H34N2O6S/c1-20-10-15-26-24(18-20)31(38(33,34)22-13-11-21(35-5)12-14-22)19-27(37-26)28(32)30-16-17-36-25-9-7-6-8-23(25)29(2,3)4/h6-15,18,27H,16-17,19H2,1-5H3,(H,30,32)/t27-/m0/s1. The molecule has 1 N–H and O–H groups in total. The van der Waals surface area contributed by atoms with Gasteiger partial charge in [0.05, 0.1) is 30.8 Å². The molecule has 0 unspecified atom stereocenters. The minimum Gasteiger partial charge on any atom is -0.497 e. The Bertz CT molecular complexity index is 1400. The number of methoxy groups -OCH3 is 1. The van der Waals surface area contributed by atoms with E-state index < -0.39 is 22.0 Å². The van der Waals surface area contributed by atoms with Crippen molar-refractivity contribution in [1.82, 2.24) is 5.32 Å². The molecule has 0 radical (unpaired) electrons. The molecule has 1 aliphatic rings. The Labute approximate surface area is 224 Å². The highest BCUT2D eigenvalue weighted by atomic mass is 32.2. The fourth-order valence-electron chi connectivity index (χ4n) is 4.26. The summed E-state index contributed by atoms with van der Waals surface area (Å²) in [5, 5.41) is 2.82. The van der Waals surface area contributed by atoms with E-state index in [4.69, 9.17) is 14.2 Å². The molecule has 0 fully saturated rings. The molecule has 38 heavy (non-hydrogen) atoms. The van der Waals surface area contributed by atoms with E-state index in [9.17, 15) is 13.2 Å². The van der Waals surface area contributed by atoms with Crippen LogP contribution in [0.3, 0.4) is 0 Å². The largest absolute Gasteiger partial charge is 0.497 e. The number of rotatable bonds is 8. The number of nitrogens with zero attached hydrogens (tertiary/aromatic N) is 1. The van der Waals surface area contributed by atoms with Gasteiger partial charge >= 0.3 is 0 Å². The number of ether oxygens (including phenoxy) is 3. The average Bonchev–Trinajstić information content (AvgIpc) is 2.90. The third-order valence-electron chi connectivity index (χ3n) is 6.28. The maximum Gasteiger partial charge on any atom is 0.264 e. The summed E-state index contributed by atoms with van der Waals surface area (Å²) in [6, 6.07) is 19.2. The molecule has 0 spiro atoms. The van der Waals surface area contributed by atoms with Gasteiger partial charge in [0.2, 0.25) is 0 Å². The second-order valence-electron chi connectivity index (χ2n) is 10.2. The molecule has 0 bridgehead atoms. The summed E-state index contributed by atoms with van der Waals surface area (Å²) in [7, 11) is -2.45. The number of carbonyl (C=O) groups excluding carboxylic acids is 1. The van der Waals surface area contributed by atoms with Gasteiger partial charge in [-0.2, -0.15) is 0 Å². The van der Waals surface area contributed by atoms with Gasteiger partial charge in [-0.1, -0.05) is 45.0 Å². The van der Waals surface area contributed by atoms with Crippen molar-refractivity contribution in [1.29, 1.82) is 0 Å². The third kappa shape index (κ3) is 5.88. The van der Waals surface area contributed by atoms with Gasteiger partial charge in [0.1, 0.15) is 23.9 Å². The van der Waals surface area contributed by atoms with Crippen molar-refractivity contribution in [3.63, 3.8) is 0 Å². The van der Waals surface area contributed by atoms with Gasteiger partial charge in [0, 0.05) is 0 Å². The number of fused-ring (bicyclic) bond motifs is 1. The van der Waals surface area contributed by atoms with Crippen LogP contribution >= 0.6 is 0 Å². The van der Waals surface area contributed by atoms with Crippen LogP contribution in [-0.4, -0.2) is 47.2 Å². The molecule has 8 nitrogen and oxygen atoms in total. The zero-order valence-electron chi connectivity index (χ0n) is 22.4. The smallest absolute Gasteiger partial charge is 0.264 e. The molecule has 0 aromatic heterocycles. The molecule has 3 aromatic rings. The highest BCUT2D eigenvalue weighted by Crippen LogP contribution is 2.38. The van der Waals surface area contributed by atoms with Crippen LogP contribution in [0.2, 0.25) is 0 Å². The van der Waals surface area contributed by atoms with Crippen LogP contribution in [0.15, 0.2) is 71.6 Å². The maximum atomic E-state index is 13.6. The Kier molecular flexibility index (Phi) is 7.87. The van der Waals surface area contributed by atoms with Gasteiger partial charge in [-0.3, -0.25) is 9.10 Å². The highest BCUT2D eigenvalue weighted by Gasteiger charge is 2.37. The summed E-state index contributed by atoms with van der Waals surface area (Å²) in [6.07, 6.45) is -1.03. The SMILES string of the molecule is COc1ccc(S(=O)(=O)N2C[C@@H](C(=O)NCCOc3ccccc3C(C)(C)C)Oc3ccc(C)cc32)cc1. The predicted octanol–water partition coefficient (Wildman–Crippen LogP) is 4.45. The third-order valence-corrected chi connectivity index (χ3v) is 8.07. The predicted molar refractivity (Wildman–Crippen MR) is 147 cm³/mol. The van der Waals surface area contributed by atoms with E-state index in [1.54, 1.807) is 24.3 Å². The lowest BCUT2D eigenvalue weighted by Crippen LogP contribution is -2.51. The van der Waals surface area contributed by atoms with Crippen molar-refractivity contribution in [2.45, 2.75) is 44.1 Å². The lowest BCUT2D eigenvalue weighted by Gasteiger charge is -2.35. The Balaban J connectivity index is 1.48. The van der Waals surface area contributed by atoms with Crippen molar-refractivity contribution < 1.29 is 27.4 Å². The normalized spacial score (nSPS) is 15.3. The van der Waals surface area contributed by atoms with Crippen LogP contribution in [0.4, 0.5) is 5.69 Å². The first kappa shape index (κ1) is 27.3. The Morgan fingerprint density at radius 2 is 1.79 bits per heavy atom. The van der Waals surface area contributed by atoms with E-state index in [1.165, 1.54) is 23.5 Å². The zero-order chi connectivity index (χ0) is 27.5. The molecular weight excluding hydrogens is 504 g/mol. The van der Waals surface area contributed by atoms with Gasteiger partial charge in [-0.05, 0) is 65.9 Å². The molecule has 1 aliphatic heterocycles. The number of anilines is 1. The van der Waals surface area contributed by atoms with Gasteiger partial charge in [-0.25, -0.2) is 8.42 Å². The monoisotopic (exact) mass is 538 g/mol. The number of carbonyl (C=O) groups is 1. The molecule has 9 heteroatoms. The summed E-state index contributed by atoms with van der Waals surface area (Å²) in [5.74, 6) is 1.23. The van der Waals surface area contributed by atoms with Crippen LogP contribution in [0.1, 0.15) is 31.9 Å². The second-order valence-corrected chi connectivity index (χ2v) is 12.0. The molecule has 4 rings (SSSR count). The van der Waals surface area contributed by atoms with E-state index in [-0.39, 0.29) is 30.0 Å². The first-order valence-corrected chi connectivity index (χ1v) is 13.9. The molecule has 202 valence electrons. The topological polar surface area (TPSA) is 94.2 Å². The summed E-state index contributed by atoms with van der Waals surface area (Å²) in [6.45, 7) is 8.55. The first-order chi connectivity index (χ1) is 18.0. The molecule has 0 saturated heterocycles. The first-order valence-electron chi connectivity index (χ1n) is 12.4. The second kappa shape index (κ2) is 10.9. The van der Waals surface area contributed by atoms with Crippen LogP contribution in [0.25, 0.3) is 0 Å². The number of aryl methyl sites for hydroxylation is 1. The van der Waals surface area contributed by atoms with Crippen molar-refractivity contribution >= 4 is 21.6 Å². The molecular formula is C29H34N2O6S. The Morgan fingerprint density at radius 1 is 1.08 bits per heavy atom. The van der Waals surface area contributed by atoms with Crippen molar-refractivity contribution in [2.24, 2.45) is 0 Å². The highest BCUT2D eigenvalue weighted by molar-refractivity contribution is 7.92. The number of sulfonamides is 1. The lowest BCUT2D eigenvalue weighted by molar-refractivity contribution is -0.127. The van der Waals surface area contributed by atoms with Gasteiger partial charge in [0.15, 0.2) is 6.10 Å². The quantitative estimate of drug-likeness (QED) is 0.426. The van der Waals surface area contributed by atoms with E-state index in [2.05, 4.69) is 26.1 Å². The molecule has 1 heterocycles. The summed E-state index contributed by atoms with van der Waals surface area (Å²) < 4.78 is 45.6. The Hall–Kier alpha value is -3.72. The number of amides is 1. The average molecular weight is 539 g/mol. The Morgan fingerprint density at radius 3 is 2.47 bits per heavy atom. The molecule has 1 amide bonds. The van der Waals surface area contributed by atoms with Crippen molar-refractivity contribution in [3.8, 4) is 17.2 Å². The lowest BCUT2D eigenvalue weighted by atomic mass is 9.86.